The molecule has 7 atom stereocenters. The molecule has 0 saturated heterocycles. The smallest absolute Gasteiger partial charge is 0.0439 e. The second-order valence-electron chi connectivity index (χ2n) is 11.9. The Kier molecular flexibility index (Phi) is 6.42. The molecule has 1 nitrogen and oxygen atoms in total. The minimum atomic E-state index is 0.245. The predicted molar refractivity (Wildman–Crippen MR) is 128 cm³/mol. The van der Waals surface area contributed by atoms with Gasteiger partial charge in [-0.15, -0.1) is 0 Å². The lowest BCUT2D eigenvalue weighted by Gasteiger charge is -2.56. The summed E-state index contributed by atoms with van der Waals surface area (Å²) in [6, 6.07) is 0. The lowest BCUT2D eigenvalue weighted by Crippen LogP contribution is -2.46. The summed E-state index contributed by atoms with van der Waals surface area (Å²) in [4.78, 5) is 0. The van der Waals surface area contributed by atoms with E-state index in [0.29, 0.717) is 22.7 Å². The molecular weight excluding hydrogens is 364 g/mol. The highest BCUT2D eigenvalue weighted by Gasteiger charge is 2.54. The van der Waals surface area contributed by atoms with Gasteiger partial charge in [0.15, 0.2) is 0 Å². The van der Waals surface area contributed by atoms with Crippen LogP contribution in [0.5, 0.6) is 0 Å². The van der Waals surface area contributed by atoms with Gasteiger partial charge in [-0.2, -0.15) is 0 Å². The van der Waals surface area contributed by atoms with Crippen molar-refractivity contribution in [1.82, 2.24) is 0 Å². The zero-order valence-electron chi connectivity index (χ0n) is 20.2. The molecule has 4 aliphatic carbocycles. The molecular formula is C29H46O. The van der Waals surface area contributed by atoms with Crippen LogP contribution in [0.4, 0.5) is 0 Å². The first-order valence-electron chi connectivity index (χ1n) is 13.0. The van der Waals surface area contributed by atoms with Crippen LogP contribution in [-0.4, -0.2) is 11.7 Å². The van der Waals surface area contributed by atoms with Crippen molar-refractivity contribution in [3.05, 3.63) is 35.5 Å². The number of hydrogen-bond acceptors (Lipinski definition) is 1. The van der Waals surface area contributed by atoms with Crippen molar-refractivity contribution < 1.29 is 5.11 Å². The highest BCUT2D eigenvalue weighted by atomic mass is 16.3. The molecule has 1 heteroatoms. The second-order valence-corrected chi connectivity index (χ2v) is 11.9. The van der Waals surface area contributed by atoms with Gasteiger partial charge in [0.05, 0.1) is 0 Å². The van der Waals surface area contributed by atoms with Gasteiger partial charge in [0.25, 0.3) is 0 Å². The lowest BCUT2D eigenvalue weighted by molar-refractivity contribution is 0.0106. The third kappa shape index (κ3) is 3.68. The molecule has 30 heavy (non-hydrogen) atoms. The summed E-state index contributed by atoms with van der Waals surface area (Å²) in [5.41, 5.74) is 6.03. The van der Waals surface area contributed by atoms with Crippen molar-refractivity contribution in [3.8, 4) is 0 Å². The van der Waals surface area contributed by atoms with Gasteiger partial charge in [0.2, 0.25) is 0 Å². The number of hydrogen-bond donors (Lipinski definition) is 1. The van der Waals surface area contributed by atoms with Crippen molar-refractivity contribution in [2.24, 2.45) is 40.4 Å². The molecule has 1 unspecified atom stereocenters. The van der Waals surface area contributed by atoms with Crippen LogP contribution in [0.1, 0.15) is 98.3 Å². The molecule has 4 aliphatic rings. The number of aliphatic hydroxyl groups excluding tert-OH is 1. The second kappa shape index (κ2) is 8.61. The van der Waals surface area contributed by atoms with Gasteiger partial charge >= 0.3 is 0 Å². The molecule has 0 aromatic carbocycles. The van der Waals surface area contributed by atoms with E-state index in [-0.39, 0.29) is 6.61 Å². The highest BCUT2D eigenvalue weighted by molar-refractivity contribution is 5.35. The Bertz CT molecular complexity index is 714. The molecule has 0 bridgehead atoms. The topological polar surface area (TPSA) is 20.2 Å². The average molecular weight is 411 g/mol. The van der Waals surface area contributed by atoms with E-state index >= 15 is 0 Å². The Labute approximate surface area is 186 Å². The molecule has 0 heterocycles. The Morgan fingerprint density at radius 1 is 1.10 bits per heavy atom. The molecule has 0 aromatic heterocycles. The number of rotatable bonds is 6. The van der Waals surface area contributed by atoms with Crippen LogP contribution in [0.15, 0.2) is 35.5 Å². The van der Waals surface area contributed by atoms with E-state index in [2.05, 4.69) is 46.4 Å². The van der Waals surface area contributed by atoms with Gasteiger partial charge in [-0.05, 0) is 105 Å². The largest absolute Gasteiger partial charge is 0.396 e. The summed E-state index contributed by atoms with van der Waals surface area (Å²) in [5.74, 6) is 3.58. The van der Waals surface area contributed by atoms with Crippen LogP contribution in [0, 0.1) is 40.4 Å². The molecule has 168 valence electrons. The maximum absolute atomic E-state index is 9.39. The molecule has 4 rings (SSSR count). The lowest BCUT2D eigenvalue weighted by atomic mass is 9.49. The highest BCUT2D eigenvalue weighted by Crippen LogP contribution is 2.65. The van der Waals surface area contributed by atoms with Gasteiger partial charge in [0.1, 0.15) is 0 Å². The minimum absolute atomic E-state index is 0.245. The van der Waals surface area contributed by atoms with Crippen molar-refractivity contribution >= 4 is 0 Å². The van der Waals surface area contributed by atoms with Crippen molar-refractivity contribution in [1.29, 1.82) is 0 Å². The maximum atomic E-state index is 9.39. The van der Waals surface area contributed by atoms with Gasteiger partial charge in [0, 0.05) is 6.61 Å². The fourth-order valence-electron chi connectivity index (χ4n) is 8.50. The SMILES string of the molecule is C=C(C)[C@H](C=C[C@@H](C)[C@H]1CCC2=C3CCC4CCCC[C@]4(C)[C@H]3CC[C@@]21C)CCO. The normalized spacial score (nSPS) is 40.6. The molecule has 0 aromatic rings. The minimum Gasteiger partial charge on any atom is -0.396 e. The van der Waals surface area contributed by atoms with E-state index in [0.717, 1.165) is 24.2 Å². The monoisotopic (exact) mass is 410 g/mol. The van der Waals surface area contributed by atoms with Crippen LogP contribution in [0.25, 0.3) is 0 Å². The van der Waals surface area contributed by atoms with Crippen LogP contribution in [-0.2, 0) is 0 Å². The van der Waals surface area contributed by atoms with Gasteiger partial charge in [-0.3, -0.25) is 0 Å². The summed E-state index contributed by atoms with van der Waals surface area (Å²) in [5, 5.41) is 9.39. The van der Waals surface area contributed by atoms with Gasteiger partial charge in [-0.1, -0.05) is 69.1 Å². The molecule has 0 spiro atoms. The Morgan fingerprint density at radius 3 is 2.63 bits per heavy atom. The van der Waals surface area contributed by atoms with Crippen LogP contribution >= 0.6 is 0 Å². The summed E-state index contributed by atoms with van der Waals surface area (Å²) < 4.78 is 0. The fraction of sp³-hybridized carbons (Fsp3) is 0.793. The Hall–Kier alpha value is -0.820. The Balaban J connectivity index is 1.56. The standard InChI is InChI=1S/C29H46O/c1-20(2)22(16-19-30)10-9-21(3)25-13-14-26-24-12-11-23-8-6-7-17-28(23,4)27(24)15-18-29(25,26)5/h9-10,21-23,25,27,30H,1,6-8,11-19H2,2-5H3/t21-,22-,23?,25-,27+,28+,29-/m1/s1. The molecule has 1 N–H and O–H groups in total. The van der Waals surface area contributed by atoms with Crippen LogP contribution < -0.4 is 0 Å². The van der Waals surface area contributed by atoms with Crippen LogP contribution in [0.3, 0.4) is 0 Å². The maximum Gasteiger partial charge on any atom is 0.0439 e. The van der Waals surface area contributed by atoms with Crippen LogP contribution in [0.2, 0.25) is 0 Å². The first kappa shape index (κ1) is 22.4. The summed E-state index contributed by atoms with van der Waals surface area (Å²) >= 11 is 0. The fourth-order valence-corrected chi connectivity index (χ4v) is 8.50. The Morgan fingerprint density at radius 2 is 1.90 bits per heavy atom. The van der Waals surface area contributed by atoms with Crippen molar-refractivity contribution in [3.63, 3.8) is 0 Å². The summed E-state index contributed by atoms with van der Waals surface area (Å²) in [6.07, 6.45) is 20.0. The molecule has 3 saturated carbocycles. The molecule has 0 radical (unpaired) electrons. The predicted octanol–water partition coefficient (Wildman–Crippen LogP) is 7.87. The third-order valence-electron chi connectivity index (χ3n) is 10.3. The third-order valence-corrected chi connectivity index (χ3v) is 10.3. The van der Waals surface area contributed by atoms with Gasteiger partial charge in [-0.25, -0.2) is 0 Å². The first-order chi connectivity index (χ1) is 14.3. The van der Waals surface area contributed by atoms with Crippen molar-refractivity contribution in [2.75, 3.05) is 6.61 Å². The van der Waals surface area contributed by atoms with Gasteiger partial charge < -0.3 is 5.11 Å². The first-order valence-corrected chi connectivity index (χ1v) is 13.0. The van der Waals surface area contributed by atoms with E-state index in [1.807, 2.05) is 11.1 Å². The summed E-state index contributed by atoms with van der Waals surface area (Å²) in [7, 11) is 0. The van der Waals surface area contributed by atoms with Crippen molar-refractivity contribution in [2.45, 2.75) is 98.3 Å². The number of aliphatic hydroxyl groups is 1. The zero-order chi connectivity index (χ0) is 21.5. The molecule has 3 fully saturated rings. The van der Waals surface area contributed by atoms with E-state index in [1.54, 1.807) is 0 Å². The molecule has 0 aliphatic heterocycles. The van der Waals surface area contributed by atoms with E-state index in [9.17, 15) is 5.11 Å². The zero-order valence-corrected chi connectivity index (χ0v) is 20.2. The quantitative estimate of drug-likeness (QED) is 0.442. The van der Waals surface area contributed by atoms with E-state index in [4.69, 9.17) is 0 Å². The number of allylic oxidation sites excluding steroid dienone is 5. The molecule has 0 amide bonds. The average Bonchev–Trinajstić information content (AvgIpc) is 3.07. The van der Waals surface area contributed by atoms with E-state index < -0.39 is 0 Å². The summed E-state index contributed by atoms with van der Waals surface area (Å²) in [6.45, 7) is 14.2. The number of fused-ring (bicyclic) bond motifs is 4. The van der Waals surface area contributed by atoms with E-state index in [1.165, 1.54) is 69.8 Å².